The van der Waals surface area contributed by atoms with Gasteiger partial charge in [0.15, 0.2) is 5.82 Å². The average molecular weight is 383 g/mol. The molecule has 0 fully saturated rings. The third kappa shape index (κ3) is 3.69. The third-order valence-electron chi connectivity index (χ3n) is 4.72. The molecule has 1 aromatic heterocycles. The Balaban J connectivity index is 1.92. The van der Waals surface area contributed by atoms with Crippen LogP contribution in [0.3, 0.4) is 0 Å². The van der Waals surface area contributed by atoms with E-state index in [-0.39, 0.29) is 16.8 Å². The van der Waals surface area contributed by atoms with Gasteiger partial charge < -0.3 is 20.7 Å². The summed E-state index contributed by atoms with van der Waals surface area (Å²) in [4.78, 5) is 23.8. The van der Waals surface area contributed by atoms with E-state index in [1.807, 2.05) is 37.3 Å². The van der Waals surface area contributed by atoms with Gasteiger partial charge in [0.25, 0.3) is 0 Å². The molecule has 0 aliphatic heterocycles. The van der Waals surface area contributed by atoms with Gasteiger partial charge in [-0.05, 0) is 31.4 Å². The van der Waals surface area contributed by atoms with Gasteiger partial charge in [-0.15, -0.1) is 0 Å². The second-order valence-electron chi connectivity index (χ2n) is 6.52. The quantitative estimate of drug-likeness (QED) is 0.429. The molecule has 0 aliphatic carbocycles. The SMILES string of the molecule is CCn1cc(C(=O)O)c(=O)c2c(N)c(F)c(NCCCc3ccccc3)cc21. The number of rotatable bonds is 7. The Morgan fingerprint density at radius 2 is 2.00 bits per heavy atom. The highest BCUT2D eigenvalue weighted by Gasteiger charge is 2.20. The smallest absolute Gasteiger partial charge is 0.341 e. The number of hydrogen-bond acceptors (Lipinski definition) is 4. The molecule has 0 radical (unpaired) electrons. The molecule has 4 N–H and O–H groups in total. The van der Waals surface area contributed by atoms with Crippen LogP contribution in [0.1, 0.15) is 29.3 Å². The number of nitrogens with zero attached hydrogens (tertiary/aromatic N) is 1. The van der Waals surface area contributed by atoms with Crippen molar-refractivity contribution in [1.82, 2.24) is 4.57 Å². The molecule has 0 atom stereocenters. The van der Waals surface area contributed by atoms with Crippen LogP contribution < -0.4 is 16.5 Å². The number of fused-ring (bicyclic) bond motifs is 1. The molecule has 3 aromatic rings. The molecular formula is C21H22FN3O3. The lowest BCUT2D eigenvalue weighted by Gasteiger charge is -2.16. The number of nitrogens with two attached hydrogens (primary N) is 1. The summed E-state index contributed by atoms with van der Waals surface area (Å²) in [7, 11) is 0. The van der Waals surface area contributed by atoms with Crippen LogP contribution in [0.5, 0.6) is 0 Å². The van der Waals surface area contributed by atoms with Crippen LogP contribution >= 0.6 is 0 Å². The highest BCUT2D eigenvalue weighted by molar-refractivity contribution is 5.99. The maximum Gasteiger partial charge on any atom is 0.341 e. The van der Waals surface area contributed by atoms with Gasteiger partial charge in [0.1, 0.15) is 5.56 Å². The zero-order chi connectivity index (χ0) is 20.3. The number of carboxylic acid groups (broad SMARTS) is 1. The predicted molar refractivity (Wildman–Crippen MR) is 108 cm³/mol. The number of nitrogens with one attached hydrogen (secondary N) is 1. The lowest BCUT2D eigenvalue weighted by molar-refractivity contribution is 0.0695. The van der Waals surface area contributed by atoms with Gasteiger partial charge in [-0.2, -0.15) is 0 Å². The van der Waals surface area contributed by atoms with Crippen LogP contribution in [-0.2, 0) is 13.0 Å². The lowest BCUT2D eigenvalue weighted by atomic mass is 10.1. The molecule has 0 bridgehead atoms. The van der Waals surface area contributed by atoms with Crippen molar-refractivity contribution in [2.45, 2.75) is 26.3 Å². The van der Waals surface area contributed by atoms with Crippen LogP contribution in [-0.4, -0.2) is 22.2 Å². The summed E-state index contributed by atoms with van der Waals surface area (Å²) in [6.07, 6.45) is 2.91. The van der Waals surface area contributed by atoms with Gasteiger partial charge in [0, 0.05) is 19.3 Å². The number of hydrogen-bond donors (Lipinski definition) is 3. The van der Waals surface area contributed by atoms with Crippen LogP contribution in [0.15, 0.2) is 47.4 Å². The molecule has 0 unspecified atom stereocenters. The monoisotopic (exact) mass is 383 g/mol. The Kier molecular flexibility index (Phi) is 5.63. The second-order valence-corrected chi connectivity index (χ2v) is 6.52. The number of carbonyl (C=O) groups is 1. The highest BCUT2D eigenvalue weighted by atomic mass is 19.1. The molecule has 28 heavy (non-hydrogen) atoms. The van der Waals surface area contributed by atoms with Crippen molar-refractivity contribution in [3.63, 3.8) is 0 Å². The van der Waals surface area contributed by atoms with E-state index in [0.717, 1.165) is 12.8 Å². The molecule has 0 spiro atoms. The first kappa shape index (κ1) is 19.4. The maximum absolute atomic E-state index is 14.7. The minimum atomic E-state index is -1.36. The first-order valence-corrected chi connectivity index (χ1v) is 9.10. The summed E-state index contributed by atoms with van der Waals surface area (Å²) >= 11 is 0. The maximum atomic E-state index is 14.7. The lowest BCUT2D eigenvalue weighted by Crippen LogP contribution is -2.20. The minimum absolute atomic E-state index is 0.103. The van der Waals surface area contributed by atoms with Crippen LogP contribution in [0.25, 0.3) is 10.9 Å². The van der Waals surface area contributed by atoms with Crippen LogP contribution in [0, 0.1) is 5.82 Å². The molecule has 7 heteroatoms. The summed E-state index contributed by atoms with van der Waals surface area (Å²) in [5.74, 6) is -2.11. The summed E-state index contributed by atoms with van der Waals surface area (Å²) in [6.45, 7) is 2.75. The zero-order valence-corrected chi connectivity index (χ0v) is 15.5. The van der Waals surface area contributed by atoms with Crippen molar-refractivity contribution in [3.05, 3.63) is 69.8 Å². The van der Waals surface area contributed by atoms with Gasteiger partial charge in [-0.25, -0.2) is 9.18 Å². The number of benzene rings is 2. The molecule has 3 rings (SSSR count). The largest absolute Gasteiger partial charge is 0.477 e. The van der Waals surface area contributed by atoms with Crippen molar-refractivity contribution in [3.8, 4) is 0 Å². The Labute approximate surface area is 161 Å². The number of aromatic carboxylic acids is 1. The molecule has 0 saturated carbocycles. The van der Waals surface area contributed by atoms with Gasteiger partial charge in [-0.3, -0.25) is 4.79 Å². The average Bonchev–Trinajstić information content (AvgIpc) is 2.69. The summed E-state index contributed by atoms with van der Waals surface area (Å²) in [6, 6.07) is 11.5. The van der Waals surface area contributed by atoms with Crippen LogP contribution in [0.4, 0.5) is 15.8 Å². The van der Waals surface area contributed by atoms with Crippen molar-refractivity contribution in [2.75, 3.05) is 17.6 Å². The third-order valence-corrected chi connectivity index (χ3v) is 4.72. The van der Waals surface area contributed by atoms with E-state index < -0.39 is 22.8 Å². The number of aryl methyl sites for hydroxylation is 2. The molecule has 1 heterocycles. The summed E-state index contributed by atoms with van der Waals surface area (Å²) in [5, 5.41) is 12.2. The molecule has 2 aromatic carbocycles. The Bertz CT molecular complexity index is 1080. The number of halogens is 1. The fraction of sp³-hybridized carbons (Fsp3) is 0.238. The van der Waals surface area contributed by atoms with Gasteiger partial charge >= 0.3 is 5.97 Å². The molecular weight excluding hydrogens is 361 g/mol. The van der Waals surface area contributed by atoms with E-state index in [1.165, 1.54) is 17.8 Å². The van der Waals surface area contributed by atoms with E-state index >= 15 is 0 Å². The van der Waals surface area contributed by atoms with E-state index in [2.05, 4.69) is 5.32 Å². The fourth-order valence-electron chi connectivity index (χ4n) is 3.25. The van der Waals surface area contributed by atoms with E-state index in [0.29, 0.717) is 18.6 Å². The second kappa shape index (κ2) is 8.12. The molecule has 146 valence electrons. The first-order chi connectivity index (χ1) is 13.4. The van der Waals surface area contributed by atoms with E-state index in [4.69, 9.17) is 5.73 Å². The van der Waals surface area contributed by atoms with E-state index in [1.54, 1.807) is 4.57 Å². The fourth-order valence-corrected chi connectivity index (χ4v) is 3.25. The molecule has 6 nitrogen and oxygen atoms in total. The van der Waals surface area contributed by atoms with Gasteiger partial charge in [0.2, 0.25) is 5.43 Å². The minimum Gasteiger partial charge on any atom is -0.477 e. The molecule has 0 aliphatic rings. The van der Waals surface area contributed by atoms with Crippen molar-refractivity contribution in [2.24, 2.45) is 0 Å². The molecule has 0 saturated heterocycles. The molecule has 0 amide bonds. The van der Waals surface area contributed by atoms with Crippen molar-refractivity contribution >= 4 is 28.2 Å². The van der Waals surface area contributed by atoms with Crippen LogP contribution in [0.2, 0.25) is 0 Å². The highest BCUT2D eigenvalue weighted by Crippen LogP contribution is 2.29. The Hall–Kier alpha value is -3.35. The number of aromatic nitrogens is 1. The van der Waals surface area contributed by atoms with Crippen molar-refractivity contribution in [1.29, 1.82) is 0 Å². The standard InChI is InChI=1S/C21H22FN3O3/c1-2-25-12-14(21(27)28)20(26)17-16(25)11-15(18(22)19(17)23)24-10-6-9-13-7-4-3-5-8-13/h3-5,7-8,11-12,24H,2,6,9-10,23H2,1H3,(H,27,28). The van der Waals surface area contributed by atoms with E-state index in [9.17, 15) is 19.1 Å². The normalized spacial score (nSPS) is 10.9. The predicted octanol–water partition coefficient (Wildman–Crippen LogP) is 3.49. The zero-order valence-electron chi connectivity index (χ0n) is 15.5. The van der Waals surface area contributed by atoms with Gasteiger partial charge in [-0.1, -0.05) is 30.3 Å². The number of pyridine rings is 1. The Morgan fingerprint density at radius 3 is 2.64 bits per heavy atom. The first-order valence-electron chi connectivity index (χ1n) is 9.10. The summed E-state index contributed by atoms with van der Waals surface area (Å²) < 4.78 is 16.3. The Morgan fingerprint density at radius 1 is 1.29 bits per heavy atom. The summed E-state index contributed by atoms with van der Waals surface area (Å²) in [5.41, 5.74) is 6.15. The topological polar surface area (TPSA) is 97.4 Å². The number of nitrogen functional groups attached to an aromatic ring is 1. The number of anilines is 2. The van der Waals surface area contributed by atoms with Gasteiger partial charge in [0.05, 0.1) is 22.3 Å². The number of carboxylic acids is 1. The van der Waals surface area contributed by atoms with Crippen molar-refractivity contribution < 1.29 is 14.3 Å².